The van der Waals surface area contributed by atoms with Gasteiger partial charge in [0.2, 0.25) is 5.13 Å². The number of nitrogens with one attached hydrogen (secondary N) is 1. The van der Waals surface area contributed by atoms with E-state index in [1.54, 1.807) is 48.5 Å². The summed E-state index contributed by atoms with van der Waals surface area (Å²) in [6.45, 7) is 2.07. The third-order valence-corrected chi connectivity index (χ3v) is 5.38. The molecular weight excluding hydrogens is 376 g/mol. The van der Waals surface area contributed by atoms with Crippen LogP contribution in [0.3, 0.4) is 0 Å². The molecule has 0 radical (unpaired) electrons. The molecule has 0 fully saturated rings. The zero-order chi connectivity index (χ0) is 19.7. The van der Waals surface area contributed by atoms with E-state index >= 15 is 0 Å². The van der Waals surface area contributed by atoms with Gasteiger partial charge in [-0.3, -0.25) is 24.6 Å². The molecule has 8 heteroatoms. The summed E-state index contributed by atoms with van der Waals surface area (Å²) in [6.07, 6.45) is 0.753. The van der Waals surface area contributed by atoms with Gasteiger partial charge in [-0.1, -0.05) is 42.5 Å². The molecule has 2 aromatic carbocycles. The van der Waals surface area contributed by atoms with Crippen molar-refractivity contribution < 1.29 is 14.4 Å². The molecule has 2 heterocycles. The first kappa shape index (κ1) is 18.0. The van der Waals surface area contributed by atoms with E-state index in [1.807, 2.05) is 6.92 Å². The smallest absolute Gasteiger partial charge is 0.261 e. The molecule has 0 bridgehead atoms. The molecule has 7 nitrogen and oxygen atoms in total. The third kappa shape index (κ3) is 3.29. The molecule has 140 valence electrons. The van der Waals surface area contributed by atoms with E-state index in [0.717, 1.165) is 11.4 Å². The number of benzene rings is 2. The lowest BCUT2D eigenvalue weighted by molar-refractivity contribution is 0.0642. The average molecular weight is 392 g/mol. The second kappa shape index (κ2) is 7.32. The van der Waals surface area contributed by atoms with Gasteiger partial charge in [-0.15, -0.1) is 10.2 Å². The van der Waals surface area contributed by atoms with E-state index in [2.05, 4.69) is 15.5 Å². The maximum absolute atomic E-state index is 12.5. The first-order chi connectivity index (χ1) is 13.6. The predicted molar refractivity (Wildman–Crippen MR) is 104 cm³/mol. The van der Waals surface area contributed by atoms with Crippen molar-refractivity contribution in [1.29, 1.82) is 0 Å². The summed E-state index contributed by atoms with van der Waals surface area (Å²) in [7, 11) is 0. The van der Waals surface area contributed by atoms with E-state index in [4.69, 9.17) is 0 Å². The highest BCUT2D eigenvalue weighted by Gasteiger charge is 2.34. The Bertz CT molecular complexity index is 1060. The van der Waals surface area contributed by atoms with Gasteiger partial charge >= 0.3 is 0 Å². The Morgan fingerprint density at radius 3 is 2.39 bits per heavy atom. The molecule has 0 aliphatic carbocycles. The normalized spacial score (nSPS) is 13.0. The number of hydrogen-bond acceptors (Lipinski definition) is 6. The van der Waals surface area contributed by atoms with E-state index in [1.165, 1.54) is 16.2 Å². The summed E-state index contributed by atoms with van der Waals surface area (Å²) < 4.78 is 0. The molecule has 1 N–H and O–H groups in total. The van der Waals surface area contributed by atoms with Crippen LogP contribution in [-0.2, 0) is 13.0 Å². The van der Waals surface area contributed by atoms with Crippen LogP contribution in [0.15, 0.2) is 48.5 Å². The number of carbonyl (C=O) groups excluding carboxylic acids is 3. The van der Waals surface area contributed by atoms with Crippen LogP contribution in [0.5, 0.6) is 0 Å². The van der Waals surface area contributed by atoms with Gasteiger partial charge in [0.25, 0.3) is 17.7 Å². The predicted octanol–water partition coefficient (Wildman–Crippen LogP) is 3.15. The number of hydrogen-bond donors (Lipinski definition) is 1. The molecule has 0 saturated heterocycles. The number of anilines is 1. The van der Waals surface area contributed by atoms with Crippen molar-refractivity contribution in [3.8, 4) is 0 Å². The van der Waals surface area contributed by atoms with Crippen molar-refractivity contribution in [2.24, 2.45) is 0 Å². The van der Waals surface area contributed by atoms with Gasteiger partial charge in [0.15, 0.2) is 0 Å². The molecular formula is C20H16N4O3S. The van der Waals surface area contributed by atoms with Crippen molar-refractivity contribution in [3.05, 3.63) is 75.8 Å². The van der Waals surface area contributed by atoms with Crippen molar-refractivity contribution in [3.63, 3.8) is 0 Å². The minimum Gasteiger partial charge on any atom is -0.296 e. The molecule has 1 aromatic heterocycles. The molecule has 0 atom stereocenters. The maximum Gasteiger partial charge on any atom is 0.261 e. The highest BCUT2D eigenvalue weighted by atomic mass is 32.1. The van der Waals surface area contributed by atoms with Crippen molar-refractivity contribution >= 4 is 34.2 Å². The number of nitrogens with zero attached hydrogens (tertiary/aromatic N) is 3. The fraction of sp³-hybridized carbons (Fsp3) is 0.150. The van der Waals surface area contributed by atoms with Crippen LogP contribution in [0.4, 0.5) is 5.13 Å². The van der Waals surface area contributed by atoms with Crippen LogP contribution >= 0.6 is 11.3 Å². The van der Waals surface area contributed by atoms with Crippen LogP contribution in [0, 0.1) is 0 Å². The van der Waals surface area contributed by atoms with Crippen molar-refractivity contribution in [2.45, 2.75) is 19.9 Å². The summed E-state index contributed by atoms with van der Waals surface area (Å²) in [4.78, 5) is 38.7. The Balaban J connectivity index is 1.51. The van der Waals surface area contributed by atoms with Gasteiger partial charge in [-0.2, -0.15) is 0 Å². The minimum atomic E-state index is -0.323. The largest absolute Gasteiger partial charge is 0.296 e. The standard InChI is InChI=1S/C20H16N4O3S/c1-2-16-22-23-20(28-16)21-17(25)13-7-5-6-12(10-13)11-24-18(26)14-8-3-4-9-15(14)19(24)27/h3-10H,2,11H2,1H3,(H,21,23,25). The Morgan fingerprint density at radius 1 is 1.04 bits per heavy atom. The number of rotatable bonds is 5. The van der Waals surface area contributed by atoms with Gasteiger partial charge in [0, 0.05) is 5.56 Å². The Hall–Kier alpha value is -3.39. The Kier molecular flexibility index (Phi) is 4.70. The van der Waals surface area contributed by atoms with Crippen LogP contribution in [-0.4, -0.2) is 32.8 Å². The van der Waals surface area contributed by atoms with E-state index < -0.39 is 0 Å². The summed E-state index contributed by atoms with van der Waals surface area (Å²) in [5.74, 6) is -0.962. The summed E-state index contributed by atoms with van der Waals surface area (Å²) in [5.41, 5.74) is 1.92. The number of amides is 3. The van der Waals surface area contributed by atoms with E-state index in [-0.39, 0.29) is 24.3 Å². The minimum absolute atomic E-state index is 0.103. The van der Waals surface area contributed by atoms with E-state index in [0.29, 0.717) is 27.4 Å². The molecule has 0 unspecified atom stereocenters. The average Bonchev–Trinajstić information content (AvgIpc) is 3.27. The molecule has 4 rings (SSSR count). The molecule has 0 saturated carbocycles. The number of fused-ring (bicyclic) bond motifs is 1. The second-order valence-corrected chi connectivity index (χ2v) is 7.31. The molecule has 28 heavy (non-hydrogen) atoms. The Labute approximate surface area is 165 Å². The first-order valence-electron chi connectivity index (χ1n) is 8.74. The molecule has 1 aliphatic rings. The quantitative estimate of drug-likeness (QED) is 0.674. The number of imide groups is 1. The van der Waals surface area contributed by atoms with Gasteiger partial charge in [-0.05, 0) is 36.2 Å². The highest BCUT2D eigenvalue weighted by Crippen LogP contribution is 2.24. The fourth-order valence-electron chi connectivity index (χ4n) is 2.99. The summed E-state index contributed by atoms with van der Waals surface area (Å²) in [6, 6.07) is 13.6. The molecule has 0 spiro atoms. The maximum atomic E-state index is 12.5. The van der Waals surface area contributed by atoms with Crippen LogP contribution in [0.1, 0.15) is 48.6 Å². The first-order valence-corrected chi connectivity index (χ1v) is 9.56. The number of aromatic nitrogens is 2. The highest BCUT2D eigenvalue weighted by molar-refractivity contribution is 7.15. The summed E-state index contributed by atoms with van der Waals surface area (Å²) in [5, 5.41) is 11.9. The van der Waals surface area contributed by atoms with Crippen LogP contribution in [0.2, 0.25) is 0 Å². The summed E-state index contributed by atoms with van der Waals surface area (Å²) >= 11 is 1.33. The number of carbonyl (C=O) groups is 3. The SMILES string of the molecule is CCc1nnc(NC(=O)c2cccc(CN3C(=O)c4ccccc4C3=O)c2)s1. The van der Waals surface area contributed by atoms with Crippen LogP contribution < -0.4 is 5.32 Å². The van der Waals surface area contributed by atoms with Crippen molar-refractivity contribution in [2.75, 3.05) is 5.32 Å². The molecule has 3 aromatic rings. The lowest BCUT2D eigenvalue weighted by atomic mass is 10.1. The lowest BCUT2D eigenvalue weighted by Gasteiger charge is -2.14. The monoisotopic (exact) mass is 392 g/mol. The molecule has 3 amide bonds. The second-order valence-electron chi connectivity index (χ2n) is 6.25. The van der Waals surface area contributed by atoms with E-state index in [9.17, 15) is 14.4 Å². The zero-order valence-electron chi connectivity index (χ0n) is 15.0. The van der Waals surface area contributed by atoms with Gasteiger partial charge in [0.05, 0.1) is 17.7 Å². The Morgan fingerprint density at radius 2 is 1.75 bits per heavy atom. The zero-order valence-corrected chi connectivity index (χ0v) is 15.8. The topological polar surface area (TPSA) is 92.3 Å². The van der Waals surface area contributed by atoms with Gasteiger partial charge in [-0.25, -0.2) is 0 Å². The molecule has 1 aliphatic heterocycles. The van der Waals surface area contributed by atoms with Crippen molar-refractivity contribution in [1.82, 2.24) is 15.1 Å². The van der Waals surface area contributed by atoms with Crippen LogP contribution in [0.25, 0.3) is 0 Å². The fourth-order valence-corrected chi connectivity index (χ4v) is 3.67. The number of aryl methyl sites for hydroxylation is 1. The van der Waals surface area contributed by atoms with Gasteiger partial charge in [0.1, 0.15) is 5.01 Å². The van der Waals surface area contributed by atoms with Gasteiger partial charge < -0.3 is 0 Å². The lowest BCUT2D eigenvalue weighted by Crippen LogP contribution is -2.29. The third-order valence-electron chi connectivity index (χ3n) is 4.40.